The highest BCUT2D eigenvalue weighted by Gasteiger charge is 2.18. The lowest BCUT2D eigenvalue weighted by Gasteiger charge is -2.08. The summed E-state index contributed by atoms with van der Waals surface area (Å²) < 4.78 is 5.17. The lowest BCUT2D eigenvalue weighted by atomic mass is 10.1. The molecule has 1 aliphatic carbocycles. The van der Waals surface area contributed by atoms with Crippen molar-refractivity contribution in [1.82, 2.24) is 24.5 Å². The third-order valence-electron chi connectivity index (χ3n) is 9.01. The van der Waals surface area contributed by atoms with E-state index in [0.717, 1.165) is 47.9 Å². The summed E-state index contributed by atoms with van der Waals surface area (Å²) >= 11 is 10.4. The second kappa shape index (κ2) is 15.8. The minimum atomic E-state index is 0.864. The zero-order valence-corrected chi connectivity index (χ0v) is 33.0. The molecule has 0 unspecified atom stereocenters. The summed E-state index contributed by atoms with van der Waals surface area (Å²) in [5.41, 5.74) is 11.9. The van der Waals surface area contributed by atoms with Gasteiger partial charge in [-0.25, -0.2) is 15.0 Å². The Morgan fingerprint density at radius 1 is 0.453 bits per heavy atom. The van der Waals surface area contributed by atoms with Crippen LogP contribution in [-0.2, 0) is 6.42 Å². The topological polar surface area (TPSA) is 56.5 Å². The number of halogens is 3. The molecule has 8 heteroatoms. The molecule has 1 aliphatic rings. The number of nitrogens with zero attached hydrogens (tertiary/aromatic N) is 5. The summed E-state index contributed by atoms with van der Waals surface area (Å²) in [7, 11) is 0. The predicted octanol–water partition coefficient (Wildman–Crippen LogP) is 12.9. The molecule has 256 valence electrons. The Balaban J connectivity index is 0.000000125. The molecule has 0 aliphatic heterocycles. The quantitative estimate of drug-likeness (QED) is 0.166. The first-order chi connectivity index (χ1) is 26.0. The molecule has 10 rings (SSSR count). The van der Waals surface area contributed by atoms with Crippen LogP contribution in [0, 0.1) is 0 Å². The van der Waals surface area contributed by atoms with Crippen molar-refractivity contribution < 1.29 is 0 Å². The van der Waals surface area contributed by atoms with E-state index in [-0.39, 0.29) is 0 Å². The fourth-order valence-corrected chi connectivity index (χ4v) is 7.71. The molecule has 53 heavy (non-hydrogen) atoms. The molecule has 0 spiro atoms. The third-order valence-corrected chi connectivity index (χ3v) is 10.4. The summed E-state index contributed by atoms with van der Waals surface area (Å²) in [6.45, 7) is 0. The number of fused-ring (bicyclic) bond motifs is 6. The summed E-state index contributed by atoms with van der Waals surface area (Å²) in [6, 6.07) is 49.7. The maximum atomic E-state index is 4.64. The Bertz CT molecular complexity index is 2700. The molecular formula is C45H30Br3N5. The van der Waals surface area contributed by atoms with E-state index in [1.54, 1.807) is 6.20 Å². The van der Waals surface area contributed by atoms with Gasteiger partial charge in [0.1, 0.15) is 16.1 Å². The summed E-state index contributed by atoms with van der Waals surface area (Å²) in [5, 5.41) is 2.30. The third kappa shape index (κ3) is 7.62. The number of pyridine rings is 4. The van der Waals surface area contributed by atoms with E-state index in [0.29, 0.717) is 0 Å². The second-order valence-electron chi connectivity index (χ2n) is 12.3. The van der Waals surface area contributed by atoms with Crippen LogP contribution in [0.5, 0.6) is 0 Å². The van der Waals surface area contributed by atoms with Gasteiger partial charge in [-0.3, -0.25) is 9.55 Å². The van der Waals surface area contributed by atoms with Crippen LogP contribution in [0.25, 0.3) is 61.1 Å². The van der Waals surface area contributed by atoms with Gasteiger partial charge in [0.25, 0.3) is 0 Å². The highest BCUT2D eigenvalue weighted by atomic mass is 79.9. The molecule has 5 heterocycles. The van der Waals surface area contributed by atoms with Crippen molar-refractivity contribution in [3.63, 3.8) is 0 Å². The van der Waals surface area contributed by atoms with Gasteiger partial charge in [0.05, 0.1) is 11.2 Å². The first kappa shape index (κ1) is 34.8. The van der Waals surface area contributed by atoms with E-state index in [1.165, 1.54) is 44.5 Å². The van der Waals surface area contributed by atoms with Gasteiger partial charge in [0.15, 0.2) is 0 Å². The predicted molar refractivity (Wildman–Crippen MR) is 227 cm³/mol. The molecule has 9 aromatic rings. The normalized spacial score (nSPS) is 11.2. The average Bonchev–Trinajstić information content (AvgIpc) is 3.74. The van der Waals surface area contributed by atoms with Crippen molar-refractivity contribution >= 4 is 69.7 Å². The molecule has 0 saturated heterocycles. The molecule has 0 bridgehead atoms. The first-order valence-corrected chi connectivity index (χ1v) is 19.4. The van der Waals surface area contributed by atoms with Gasteiger partial charge in [-0.15, -0.1) is 0 Å². The van der Waals surface area contributed by atoms with Crippen molar-refractivity contribution in [3.05, 3.63) is 195 Å². The molecule has 0 N–H and O–H groups in total. The van der Waals surface area contributed by atoms with Gasteiger partial charge in [0, 0.05) is 56.5 Å². The molecule has 4 aromatic carbocycles. The van der Waals surface area contributed by atoms with E-state index < -0.39 is 0 Å². The number of hydrogen-bond donors (Lipinski definition) is 0. The summed E-state index contributed by atoms with van der Waals surface area (Å²) in [6.07, 6.45) is 8.31. The summed E-state index contributed by atoms with van der Waals surface area (Å²) in [5.74, 6) is 0.864. The largest absolute Gasteiger partial charge is 0.278 e. The van der Waals surface area contributed by atoms with Crippen molar-refractivity contribution in [2.24, 2.45) is 0 Å². The number of hydrogen-bond acceptors (Lipinski definition) is 4. The van der Waals surface area contributed by atoms with Crippen LogP contribution in [-0.4, -0.2) is 24.5 Å². The standard InChI is InChI=1S/C22H14BrN3.C12H8BrN.C11H8BrN/c23-17-8-9-18-19-7-4-11-25-22(19)26(20(18)14-17)21-13-16(10-12-24-21)15-5-2-1-3-6-15;13-9-3-4-10-8(6-9)7-12-11(10)2-1-5-14-12;12-11-8-10(6-7-13-11)9-4-2-1-3-5-9/h1-14H;1-6H,7H2;1-8H. The van der Waals surface area contributed by atoms with Crippen LogP contribution in [0.1, 0.15) is 11.3 Å². The van der Waals surface area contributed by atoms with E-state index in [1.807, 2.05) is 73.2 Å². The average molecular weight is 880 g/mol. The van der Waals surface area contributed by atoms with Crippen LogP contribution in [0.15, 0.2) is 184 Å². The number of rotatable bonds is 3. The van der Waals surface area contributed by atoms with Gasteiger partial charge in [0.2, 0.25) is 0 Å². The van der Waals surface area contributed by atoms with Crippen LogP contribution < -0.4 is 0 Å². The Labute approximate surface area is 332 Å². The first-order valence-electron chi connectivity index (χ1n) is 17.0. The maximum Gasteiger partial charge on any atom is 0.146 e. The van der Waals surface area contributed by atoms with Crippen molar-refractivity contribution in [1.29, 1.82) is 0 Å². The van der Waals surface area contributed by atoms with E-state index >= 15 is 0 Å². The Morgan fingerprint density at radius 3 is 1.87 bits per heavy atom. The fraction of sp³-hybridized carbons (Fsp3) is 0.0222. The molecular weight excluding hydrogens is 850 g/mol. The number of benzene rings is 4. The lowest BCUT2D eigenvalue weighted by Crippen LogP contribution is -1.98. The number of aromatic nitrogens is 5. The zero-order chi connectivity index (χ0) is 36.1. The van der Waals surface area contributed by atoms with Gasteiger partial charge >= 0.3 is 0 Å². The maximum absolute atomic E-state index is 4.64. The lowest BCUT2D eigenvalue weighted by molar-refractivity contribution is 1.06. The molecule has 0 saturated carbocycles. The van der Waals surface area contributed by atoms with Crippen molar-refractivity contribution in [2.75, 3.05) is 0 Å². The molecule has 5 aromatic heterocycles. The van der Waals surface area contributed by atoms with Gasteiger partial charge in [-0.1, -0.05) is 111 Å². The Kier molecular flexibility index (Phi) is 10.3. The van der Waals surface area contributed by atoms with Crippen LogP contribution in [0.2, 0.25) is 0 Å². The monoisotopic (exact) mass is 877 g/mol. The molecule has 0 atom stereocenters. The van der Waals surface area contributed by atoms with Crippen LogP contribution in [0.3, 0.4) is 0 Å². The van der Waals surface area contributed by atoms with Crippen molar-refractivity contribution in [3.8, 4) is 39.2 Å². The zero-order valence-electron chi connectivity index (χ0n) is 28.2. The van der Waals surface area contributed by atoms with E-state index in [4.69, 9.17) is 0 Å². The summed E-state index contributed by atoms with van der Waals surface area (Å²) in [4.78, 5) is 17.7. The second-order valence-corrected chi connectivity index (χ2v) is 15.0. The van der Waals surface area contributed by atoms with Crippen LogP contribution in [0.4, 0.5) is 0 Å². The molecule has 0 amide bonds. The Morgan fingerprint density at radius 2 is 1.11 bits per heavy atom. The molecule has 0 fully saturated rings. The Hall–Kier alpha value is -5.28. The minimum Gasteiger partial charge on any atom is -0.278 e. The molecule has 0 radical (unpaired) electrons. The minimum absolute atomic E-state index is 0.864. The SMILES string of the molecule is Brc1cc(-c2ccccc2)ccn1.Brc1ccc2c(c1)Cc1ncccc1-2.Brc1ccc2c3cccnc3n(-c3cc(-c4ccccc4)ccn3)c2c1. The van der Waals surface area contributed by atoms with E-state index in [9.17, 15) is 0 Å². The highest BCUT2D eigenvalue weighted by Crippen LogP contribution is 2.36. The fourth-order valence-electron chi connectivity index (χ4n) is 6.59. The highest BCUT2D eigenvalue weighted by molar-refractivity contribution is 9.11. The van der Waals surface area contributed by atoms with Crippen molar-refractivity contribution in [2.45, 2.75) is 6.42 Å². The van der Waals surface area contributed by atoms with Gasteiger partial charge < -0.3 is 0 Å². The van der Waals surface area contributed by atoms with Gasteiger partial charge in [-0.2, -0.15) is 0 Å². The molecule has 5 nitrogen and oxygen atoms in total. The van der Waals surface area contributed by atoms with E-state index in [2.05, 4.69) is 163 Å². The smallest absolute Gasteiger partial charge is 0.146 e. The van der Waals surface area contributed by atoms with Gasteiger partial charge in [-0.05, 0) is 116 Å². The van der Waals surface area contributed by atoms with Crippen LogP contribution >= 0.6 is 47.8 Å².